The zero-order valence-corrected chi connectivity index (χ0v) is 13.6. The van der Waals surface area contributed by atoms with E-state index in [1.54, 1.807) is 24.3 Å². The fourth-order valence-corrected chi connectivity index (χ4v) is 2.39. The van der Waals surface area contributed by atoms with Gasteiger partial charge in [-0.2, -0.15) is 0 Å². The molecule has 8 heteroatoms. The number of carbonyl (C=O) groups is 2. The van der Waals surface area contributed by atoms with Crippen LogP contribution in [0.5, 0.6) is 0 Å². The molecule has 0 radical (unpaired) electrons. The fourth-order valence-electron chi connectivity index (χ4n) is 2.39. The van der Waals surface area contributed by atoms with E-state index in [4.69, 9.17) is 0 Å². The van der Waals surface area contributed by atoms with Gasteiger partial charge in [0.05, 0.1) is 22.8 Å². The number of carbonyl (C=O) groups excluding carboxylic acids is 2. The topological polar surface area (TPSA) is 93.1 Å². The van der Waals surface area contributed by atoms with Crippen molar-refractivity contribution in [2.24, 2.45) is 0 Å². The smallest absolute Gasteiger partial charge is 0.272 e. The van der Waals surface area contributed by atoms with Crippen molar-refractivity contribution in [1.82, 2.24) is 20.4 Å². The highest BCUT2D eigenvalue weighted by molar-refractivity contribution is 5.95. The highest BCUT2D eigenvalue weighted by Gasteiger charge is 2.12. The van der Waals surface area contributed by atoms with E-state index >= 15 is 0 Å². The highest BCUT2D eigenvalue weighted by atomic mass is 19.1. The zero-order chi connectivity index (χ0) is 18.5. The number of halogens is 1. The van der Waals surface area contributed by atoms with Gasteiger partial charge >= 0.3 is 0 Å². The highest BCUT2D eigenvalue weighted by Crippen LogP contribution is 2.06. The number of nitrogens with one attached hydrogen (secondary N) is 2. The van der Waals surface area contributed by atoms with Crippen LogP contribution in [-0.2, 0) is 11.3 Å². The van der Waals surface area contributed by atoms with Gasteiger partial charge in [0, 0.05) is 13.0 Å². The van der Waals surface area contributed by atoms with Crippen molar-refractivity contribution >= 4 is 22.7 Å². The van der Waals surface area contributed by atoms with Gasteiger partial charge in [0.25, 0.3) is 11.5 Å². The standard InChI is InChI=1S/C18H15FN4O3/c19-14-7-3-1-5-12(14)17(25)22-21-16(24)9-10-23-11-20-15-8-4-2-6-13(15)18(23)26/h1-8,11H,9-10H2,(H,21,24)(H,22,25). The minimum Gasteiger partial charge on any atom is -0.298 e. The van der Waals surface area contributed by atoms with Gasteiger partial charge in [-0.3, -0.25) is 29.8 Å². The molecule has 0 aliphatic rings. The molecule has 0 bridgehead atoms. The summed E-state index contributed by atoms with van der Waals surface area (Å²) in [4.78, 5) is 40.1. The molecule has 3 aromatic rings. The summed E-state index contributed by atoms with van der Waals surface area (Å²) < 4.78 is 14.8. The Kier molecular flexibility index (Phi) is 5.02. The molecule has 2 aromatic carbocycles. The monoisotopic (exact) mass is 354 g/mol. The molecule has 0 saturated heterocycles. The maximum Gasteiger partial charge on any atom is 0.272 e. The molecule has 132 valence electrons. The van der Waals surface area contributed by atoms with Gasteiger partial charge in [-0.25, -0.2) is 9.37 Å². The van der Waals surface area contributed by atoms with E-state index in [0.717, 1.165) is 6.07 Å². The second kappa shape index (κ2) is 7.56. The number of para-hydroxylation sites is 1. The lowest BCUT2D eigenvalue weighted by Crippen LogP contribution is -2.42. The summed E-state index contributed by atoms with van der Waals surface area (Å²) in [5.74, 6) is -1.97. The minimum absolute atomic E-state index is 0.0581. The molecule has 1 aromatic heterocycles. The van der Waals surface area contributed by atoms with Gasteiger partial charge < -0.3 is 0 Å². The Hall–Kier alpha value is -3.55. The second-order valence-electron chi connectivity index (χ2n) is 5.49. The second-order valence-corrected chi connectivity index (χ2v) is 5.49. The van der Waals surface area contributed by atoms with E-state index in [1.165, 1.54) is 29.1 Å². The van der Waals surface area contributed by atoms with Crippen LogP contribution < -0.4 is 16.4 Å². The van der Waals surface area contributed by atoms with Crippen molar-refractivity contribution in [3.63, 3.8) is 0 Å². The summed E-state index contributed by atoms with van der Waals surface area (Å²) in [6.07, 6.45) is 1.31. The maximum absolute atomic E-state index is 13.5. The summed E-state index contributed by atoms with van der Waals surface area (Å²) >= 11 is 0. The number of rotatable bonds is 4. The molecule has 7 nitrogen and oxygen atoms in total. The zero-order valence-electron chi connectivity index (χ0n) is 13.6. The Morgan fingerprint density at radius 3 is 2.58 bits per heavy atom. The van der Waals surface area contributed by atoms with Crippen LogP contribution in [0.15, 0.2) is 59.7 Å². The normalized spacial score (nSPS) is 10.5. The van der Waals surface area contributed by atoms with Crippen LogP contribution >= 0.6 is 0 Å². The van der Waals surface area contributed by atoms with Crippen LogP contribution in [0.25, 0.3) is 10.9 Å². The fraction of sp³-hybridized carbons (Fsp3) is 0.111. The molecule has 0 fully saturated rings. The van der Waals surface area contributed by atoms with Crippen LogP contribution in [0.3, 0.4) is 0 Å². The van der Waals surface area contributed by atoms with Crippen LogP contribution in [0.2, 0.25) is 0 Å². The molecule has 0 aliphatic carbocycles. The molecular weight excluding hydrogens is 339 g/mol. The summed E-state index contributed by atoms with van der Waals surface area (Å²) in [6.45, 7) is 0.0953. The third-order valence-electron chi connectivity index (χ3n) is 3.75. The first-order chi connectivity index (χ1) is 12.6. The maximum atomic E-state index is 13.5. The molecule has 3 rings (SSSR count). The predicted molar refractivity (Wildman–Crippen MR) is 92.6 cm³/mol. The Labute approximate surface area is 147 Å². The first-order valence-electron chi connectivity index (χ1n) is 7.84. The summed E-state index contributed by atoms with van der Waals surface area (Å²) in [5.41, 5.74) is 4.48. The van der Waals surface area contributed by atoms with Crippen LogP contribution in [0.4, 0.5) is 4.39 Å². The average Bonchev–Trinajstić information content (AvgIpc) is 2.66. The van der Waals surface area contributed by atoms with Crippen molar-refractivity contribution in [2.75, 3.05) is 0 Å². The largest absolute Gasteiger partial charge is 0.298 e. The van der Waals surface area contributed by atoms with Gasteiger partial charge in [-0.1, -0.05) is 24.3 Å². The van der Waals surface area contributed by atoms with E-state index in [-0.39, 0.29) is 24.1 Å². The summed E-state index contributed by atoms with van der Waals surface area (Å²) in [5, 5.41) is 0.461. The third kappa shape index (κ3) is 3.75. The van der Waals surface area contributed by atoms with E-state index in [0.29, 0.717) is 10.9 Å². The predicted octanol–water partition coefficient (Wildman–Crippen LogP) is 1.39. The van der Waals surface area contributed by atoms with Crippen molar-refractivity contribution in [3.8, 4) is 0 Å². The van der Waals surface area contributed by atoms with E-state index in [1.807, 2.05) is 0 Å². The molecular formula is C18H15FN4O3. The molecule has 26 heavy (non-hydrogen) atoms. The Bertz CT molecular complexity index is 1030. The van der Waals surface area contributed by atoms with Gasteiger partial charge in [0.1, 0.15) is 5.82 Å². The number of hydrogen-bond acceptors (Lipinski definition) is 4. The molecule has 2 N–H and O–H groups in total. The molecule has 1 heterocycles. The summed E-state index contributed by atoms with van der Waals surface area (Å²) in [6, 6.07) is 12.3. The van der Waals surface area contributed by atoms with Crippen molar-refractivity contribution in [1.29, 1.82) is 0 Å². The molecule has 0 aliphatic heterocycles. The first kappa shape index (κ1) is 17.3. The number of aryl methyl sites for hydroxylation is 1. The lowest BCUT2D eigenvalue weighted by atomic mass is 10.2. The molecule has 0 saturated carbocycles. The molecule has 0 atom stereocenters. The Morgan fingerprint density at radius 2 is 1.77 bits per heavy atom. The SMILES string of the molecule is O=C(CCn1cnc2ccccc2c1=O)NNC(=O)c1ccccc1F. The molecule has 0 unspecified atom stereocenters. The number of hydrazine groups is 1. The van der Waals surface area contributed by atoms with Gasteiger partial charge in [0.15, 0.2) is 0 Å². The first-order valence-corrected chi connectivity index (χ1v) is 7.84. The number of aromatic nitrogens is 2. The molecule has 2 amide bonds. The van der Waals surface area contributed by atoms with Crippen molar-refractivity contribution in [2.45, 2.75) is 13.0 Å². The van der Waals surface area contributed by atoms with Gasteiger partial charge in [0.2, 0.25) is 5.91 Å². The number of hydrogen-bond donors (Lipinski definition) is 2. The minimum atomic E-state index is -0.763. The van der Waals surface area contributed by atoms with Gasteiger partial charge in [-0.05, 0) is 24.3 Å². The van der Waals surface area contributed by atoms with Crippen LogP contribution in [0.1, 0.15) is 16.8 Å². The quantitative estimate of drug-likeness (QED) is 0.693. The summed E-state index contributed by atoms with van der Waals surface area (Å²) in [7, 11) is 0. The number of nitrogens with zero attached hydrogens (tertiary/aromatic N) is 2. The van der Waals surface area contributed by atoms with E-state index in [2.05, 4.69) is 15.8 Å². The van der Waals surface area contributed by atoms with Crippen molar-refractivity contribution in [3.05, 3.63) is 76.6 Å². The van der Waals surface area contributed by atoms with Crippen molar-refractivity contribution < 1.29 is 14.0 Å². The average molecular weight is 354 g/mol. The molecule has 0 spiro atoms. The van der Waals surface area contributed by atoms with Crippen LogP contribution in [-0.4, -0.2) is 21.4 Å². The third-order valence-corrected chi connectivity index (χ3v) is 3.75. The van der Waals surface area contributed by atoms with E-state index < -0.39 is 17.6 Å². The lowest BCUT2D eigenvalue weighted by molar-refractivity contribution is -0.122. The lowest BCUT2D eigenvalue weighted by Gasteiger charge is -2.09. The number of fused-ring (bicyclic) bond motifs is 1. The number of benzene rings is 2. The Balaban J connectivity index is 1.58. The van der Waals surface area contributed by atoms with Crippen LogP contribution in [0, 0.1) is 5.82 Å². The van der Waals surface area contributed by atoms with Gasteiger partial charge in [-0.15, -0.1) is 0 Å². The Morgan fingerprint density at radius 1 is 1.04 bits per heavy atom. The number of amides is 2. The van der Waals surface area contributed by atoms with E-state index in [9.17, 15) is 18.8 Å².